The highest BCUT2D eigenvalue weighted by Gasteiger charge is 2.26. The lowest BCUT2D eigenvalue weighted by atomic mass is 10.2. The zero-order valence-corrected chi connectivity index (χ0v) is 9.96. The molecule has 2 aromatic rings. The Morgan fingerprint density at radius 3 is 2.50 bits per heavy atom. The van der Waals surface area contributed by atoms with Crippen molar-refractivity contribution < 1.29 is 17.8 Å². The Bertz CT molecular complexity index is 720. The van der Waals surface area contributed by atoms with Crippen LogP contribution in [0.4, 0.5) is 0 Å². The molecule has 0 saturated heterocycles. The van der Waals surface area contributed by atoms with Gasteiger partial charge >= 0.3 is 10.1 Å². The Balaban J connectivity index is 2.82. The summed E-state index contributed by atoms with van der Waals surface area (Å²) in [6.45, 7) is 0. The molecule has 96 valence electrons. The van der Waals surface area contributed by atoms with Gasteiger partial charge in [0, 0.05) is 5.39 Å². The first-order valence-corrected chi connectivity index (χ1v) is 6.44. The van der Waals surface area contributed by atoms with Crippen molar-refractivity contribution in [2.45, 2.75) is 5.50 Å². The van der Waals surface area contributed by atoms with Crippen molar-refractivity contribution in [2.24, 2.45) is 11.5 Å². The number of hydrogen-bond donors (Lipinski definition) is 3. The maximum Gasteiger partial charge on any atom is 0.300 e. The molecular weight excluding hydrogens is 258 g/mol. The fourth-order valence-corrected chi connectivity index (χ4v) is 2.27. The first-order chi connectivity index (χ1) is 8.32. The van der Waals surface area contributed by atoms with Crippen molar-refractivity contribution in [1.29, 1.82) is 0 Å². The van der Waals surface area contributed by atoms with Crippen molar-refractivity contribution in [1.82, 2.24) is 4.57 Å². The number of nitrogens with zero attached hydrogens (tertiary/aromatic N) is 1. The fourth-order valence-electron chi connectivity index (χ4n) is 1.77. The van der Waals surface area contributed by atoms with Gasteiger partial charge in [-0.3, -0.25) is 15.1 Å². The third-order valence-electron chi connectivity index (χ3n) is 2.56. The summed E-state index contributed by atoms with van der Waals surface area (Å²) in [5, 5.41) is 0.602. The summed E-state index contributed by atoms with van der Waals surface area (Å²) in [5.41, 5.74) is 9.15. The largest absolute Gasteiger partial charge is 0.364 e. The second-order valence-corrected chi connectivity index (χ2v) is 5.24. The molecule has 5 N–H and O–H groups in total. The third-order valence-corrected chi connectivity index (χ3v) is 3.38. The van der Waals surface area contributed by atoms with Gasteiger partial charge in [0.25, 0.3) is 5.91 Å². The van der Waals surface area contributed by atoms with Gasteiger partial charge in [-0.2, -0.15) is 8.42 Å². The van der Waals surface area contributed by atoms with Crippen molar-refractivity contribution in [3.63, 3.8) is 0 Å². The van der Waals surface area contributed by atoms with E-state index >= 15 is 0 Å². The highest BCUT2D eigenvalue weighted by molar-refractivity contribution is 7.85. The SMILES string of the molecule is NC(=O)c1cc2ccccc2n1C(N)S(=O)(=O)O. The smallest absolute Gasteiger partial charge is 0.300 e. The first-order valence-electron chi connectivity index (χ1n) is 4.94. The van der Waals surface area contributed by atoms with Gasteiger partial charge in [-0.15, -0.1) is 0 Å². The van der Waals surface area contributed by atoms with Crippen LogP contribution in [0.15, 0.2) is 30.3 Å². The Morgan fingerprint density at radius 2 is 1.94 bits per heavy atom. The lowest BCUT2D eigenvalue weighted by Gasteiger charge is -2.14. The van der Waals surface area contributed by atoms with E-state index in [0.29, 0.717) is 10.9 Å². The molecule has 0 saturated carbocycles. The standard InChI is InChI=1S/C10H11N3O4S/c11-9(14)8-5-6-3-1-2-4-7(6)13(8)10(12)18(15,16)17/h1-5,10H,12H2,(H2,11,14)(H,15,16,17). The minimum atomic E-state index is -4.54. The Kier molecular flexibility index (Phi) is 2.85. The lowest BCUT2D eigenvalue weighted by Crippen LogP contribution is -2.31. The average molecular weight is 269 g/mol. The van der Waals surface area contributed by atoms with Gasteiger partial charge in [0.2, 0.25) is 5.50 Å². The number of nitrogens with two attached hydrogens (primary N) is 2. The molecule has 8 heteroatoms. The molecule has 0 aliphatic carbocycles. The van der Waals surface area contributed by atoms with Crippen LogP contribution in [0.2, 0.25) is 0 Å². The van der Waals surface area contributed by atoms with Crippen LogP contribution >= 0.6 is 0 Å². The average Bonchev–Trinajstić information content (AvgIpc) is 2.65. The number of carbonyl (C=O) groups is 1. The summed E-state index contributed by atoms with van der Waals surface area (Å²) in [7, 11) is -4.54. The molecule has 0 radical (unpaired) electrons. The normalized spacial score (nSPS) is 13.7. The van der Waals surface area contributed by atoms with Gasteiger partial charge in [-0.05, 0) is 12.1 Å². The highest BCUT2D eigenvalue weighted by atomic mass is 32.2. The highest BCUT2D eigenvalue weighted by Crippen LogP contribution is 2.24. The number of primary amides is 1. The topological polar surface area (TPSA) is 128 Å². The van der Waals surface area contributed by atoms with Crippen LogP contribution in [0.5, 0.6) is 0 Å². The number of rotatable bonds is 3. The van der Waals surface area contributed by atoms with Crippen LogP contribution in [0, 0.1) is 0 Å². The molecule has 7 nitrogen and oxygen atoms in total. The maximum atomic E-state index is 11.3. The van der Waals surface area contributed by atoms with E-state index in [2.05, 4.69) is 0 Å². The molecule has 1 unspecified atom stereocenters. The monoisotopic (exact) mass is 269 g/mol. The van der Waals surface area contributed by atoms with Crippen LogP contribution in [-0.4, -0.2) is 23.4 Å². The van der Waals surface area contributed by atoms with Gasteiger partial charge in [-0.1, -0.05) is 18.2 Å². The van der Waals surface area contributed by atoms with Crippen LogP contribution < -0.4 is 11.5 Å². The number of para-hydroxylation sites is 1. The molecular formula is C10H11N3O4S. The third kappa shape index (κ3) is 1.96. The molecule has 0 spiro atoms. The molecule has 0 fully saturated rings. The van der Waals surface area contributed by atoms with Crippen molar-refractivity contribution >= 4 is 26.9 Å². The Labute approximate surface area is 103 Å². The minimum absolute atomic E-state index is 0.0821. The molecule has 2 rings (SSSR count). The van der Waals surface area contributed by atoms with Gasteiger partial charge in [0.1, 0.15) is 5.69 Å². The Morgan fingerprint density at radius 1 is 1.33 bits per heavy atom. The maximum absolute atomic E-state index is 11.3. The quantitative estimate of drug-likeness (QED) is 0.678. The molecule has 1 heterocycles. The molecule has 18 heavy (non-hydrogen) atoms. The summed E-state index contributed by atoms with van der Waals surface area (Å²) < 4.78 is 32.2. The number of benzene rings is 1. The molecule has 0 aliphatic heterocycles. The van der Waals surface area contributed by atoms with Crippen LogP contribution in [-0.2, 0) is 10.1 Å². The molecule has 0 bridgehead atoms. The fraction of sp³-hybridized carbons (Fsp3) is 0.100. The van der Waals surface area contributed by atoms with E-state index in [1.807, 2.05) is 0 Å². The minimum Gasteiger partial charge on any atom is -0.364 e. The van der Waals surface area contributed by atoms with Gasteiger partial charge < -0.3 is 10.3 Å². The van der Waals surface area contributed by atoms with Crippen LogP contribution in [0.25, 0.3) is 10.9 Å². The molecule has 1 atom stereocenters. The number of amides is 1. The van der Waals surface area contributed by atoms with Gasteiger partial charge in [0.15, 0.2) is 0 Å². The van der Waals surface area contributed by atoms with Crippen LogP contribution in [0.1, 0.15) is 16.0 Å². The molecule has 0 aliphatic rings. The van der Waals surface area contributed by atoms with Crippen molar-refractivity contribution in [3.8, 4) is 0 Å². The van der Waals surface area contributed by atoms with E-state index in [0.717, 1.165) is 4.57 Å². The second-order valence-electron chi connectivity index (χ2n) is 3.73. The Hall–Kier alpha value is -1.90. The van der Waals surface area contributed by atoms with Crippen molar-refractivity contribution in [2.75, 3.05) is 0 Å². The summed E-state index contributed by atoms with van der Waals surface area (Å²) in [6, 6.07) is 8.04. The van der Waals surface area contributed by atoms with E-state index in [1.54, 1.807) is 24.3 Å². The second kappa shape index (κ2) is 4.09. The van der Waals surface area contributed by atoms with Gasteiger partial charge in [0.05, 0.1) is 5.52 Å². The molecule has 1 aromatic carbocycles. The summed E-state index contributed by atoms with van der Waals surface area (Å²) in [5.74, 6) is -0.828. The number of carbonyl (C=O) groups excluding carboxylic acids is 1. The van der Waals surface area contributed by atoms with E-state index in [-0.39, 0.29) is 5.69 Å². The number of aromatic nitrogens is 1. The van der Waals surface area contributed by atoms with E-state index in [1.165, 1.54) is 6.07 Å². The zero-order valence-electron chi connectivity index (χ0n) is 9.15. The number of hydrogen-bond acceptors (Lipinski definition) is 4. The molecule has 1 amide bonds. The van der Waals surface area contributed by atoms with Crippen molar-refractivity contribution in [3.05, 3.63) is 36.0 Å². The first kappa shape index (κ1) is 12.6. The van der Waals surface area contributed by atoms with E-state index < -0.39 is 21.5 Å². The van der Waals surface area contributed by atoms with Gasteiger partial charge in [-0.25, -0.2) is 0 Å². The predicted molar refractivity (Wildman–Crippen MR) is 65.2 cm³/mol. The zero-order chi connectivity index (χ0) is 13.5. The van der Waals surface area contributed by atoms with E-state index in [9.17, 15) is 13.2 Å². The predicted octanol–water partition coefficient (Wildman–Crippen LogP) is 0.0428. The summed E-state index contributed by atoms with van der Waals surface area (Å²) in [4.78, 5) is 11.3. The van der Waals surface area contributed by atoms with E-state index in [4.69, 9.17) is 16.0 Å². The van der Waals surface area contributed by atoms with Crippen LogP contribution in [0.3, 0.4) is 0 Å². The molecule has 1 aromatic heterocycles. The lowest BCUT2D eigenvalue weighted by molar-refractivity contribution is 0.0991. The summed E-state index contributed by atoms with van der Waals surface area (Å²) >= 11 is 0. The summed E-state index contributed by atoms with van der Waals surface area (Å²) in [6.07, 6.45) is 0. The number of fused-ring (bicyclic) bond motifs is 1.